The molecule has 30 heavy (non-hydrogen) atoms. The van der Waals surface area contributed by atoms with Crippen molar-refractivity contribution >= 4 is 49.7 Å². The summed E-state index contributed by atoms with van der Waals surface area (Å²) in [5, 5.41) is 13.4. The number of nitro groups is 1. The van der Waals surface area contributed by atoms with Crippen molar-refractivity contribution in [3.8, 4) is 0 Å². The van der Waals surface area contributed by atoms with Gasteiger partial charge in [0.1, 0.15) is 10.6 Å². The van der Waals surface area contributed by atoms with Crippen LogP contribution < -0.4 is 5.32 Å². The number of rotatable bonds is 7. The van der Waals surface area contributed by atoms with Gasteiger partial charge in [0.05, 0.1) is 26.3 Å². The highest BCUT2D eigenvalue weighted by molar-refractivity contribution is 8.00. The van der Waals surface area contributed by atoms with Gasteiger partial charge in [-0.15, -0.1) is 0 Å². The van der Waals surface area contributed by atoms with Gasteiger partial charge in [-0.1, -0.05) is 12.1 Å². The molecule has 0 aromatic heterocycles. The Hall–Kier alpha value is -2.45. The molecule has 1 atom stereocenters. The topological polar surface area (TPSA) is 123 Å². The Kier molecular flexibility index (Phi) is 7.26. The van der Waals surface area contributed by atoms with E-state index < -0.39 is 60.2 Å². The molecule has 0 saturated heterocycles. The molecule has 1 N–H and O–H groups in total. The molecule has 14 heteroatoms. The van der Waals surface area contributed by atoms with E-state index in [2.05, 4.69) is 5.32 Å². The predicted molar refractivity (Wildman–Crippen MR) is 104 cm³/mol. The molecule has 1 amide bonds. The zero-order valence-corrected chi connectivity index (χ0v) is 17.5. The lowest BCUT2D eigenvalue weighted by Crippen LogP contribution is -2.20. The smallest absolute Gasteiger partial charge is 0.324 e. The van der Waals surface area contributed by atoms with Crippen LogP contribution in [0.5, 0.6) is 0 Å². The van der Waals surface area contributed by atoms with E-state index in [-0.39, 0.29) is 20.4 Å². The molecule has 2 rings (SSSR count). The number of anilines is 1. The lowest BCUT2D eigenvalue weighted by atomic mass is 10.3. The van der Waals surface area contributed by atoms with Crippen molar-refractivity contribution in [2.75, 3.05) is 17.3 Å². The van der Waals surface area contributed by atoms with Gasteiger partial charge in [0.2, 0.25) is 5.91 Å². The number of hydrogen-bond donors (Lipinski definition) is 1. The molecule has 0 aliphatic carbocycles. The summed E-state index contributed by atoms with van der Waals surface area (Å²) in [5.74, 6) is -1.73. The third-order valence-electron chi connectivity index (χ3n) is 3.45. The van der Waals surface area contributed by atoms with Crippen molar-refractivity contribution in [3.63, 3.8) is 0 Å². The fraction of sp³-hybridized carbons (Fsp3) is 0.188. The average molecular weight is 482 g/mol. The molecule has 1 unspecified atom stereocenters. The highest BCUT2D eigenvalue weighted by atomic mass is 32.2. The molecule has 162 valence electrons. The molecule has 2 aromatic carbocycles. The Bertz CT molecular complexity index is 1120. The van der Waals surface area contributed by atoms with E-state index in [0.29, 0.717) is 0 Å². The summed E-state index contributed by atoms with van der Waals surface area (Å²) in [6, 6.07) is 7.80. The van der Waals surface area contributed by atoms with Gasteiger partial charge in [0, 0.05) is 17.2 Å². The van der Waals surface area contributed by atoms with Crippen molar-refractivity contribution in [3.05, 3.63) is 52.6 Å². The molecule has 0 heterocycles. The minimum atomic E-state index is -4.59. The first-order chi connectivity index (χ1) is 13.8. The van der Waals surface area contributed by atoms with Crippen molar-refractivity contribution in [2.45, 2.75) is 20.2 Å². The first-order valence-corrected chi connectivity index (χ1v) is 11.8. The van der Waals surface area contributed by atoms with Crippen LogP contribution in [0.25, 0.3) is 0 Å². The number of halogens is 3. The van der Waals surface area contributed by atoms with Crippen LogP contribution in [0.15, 0.2) is 57.2 Å². The normalized spacial score (nSPS) is 12.9. The monoisotopic (exact) mass is 482 g/mol. The fourth-order valence-electron chi connectivity index (χ4n) is 2.23. The van der Waals surface area contributed by atoms with Crippen molar-refractivity contribution in [2.24, 2.45) is 0 Å². The zero-order valence-electron chi connectivity index (χ0n) is 15.0. The quantitative estimate of drug-likeness (QED) is 0.365. The van der Waals surface area contributed by atoms with Crippen LogP contribution in [-0.2, 0) is 25.4 Å². The third-order valence-corrected chi connectivity index (χ3v) is 6.73. The zero-order chi connectivity index (χ0) is 22.7. The lowest BCUT2D eigenvalue weighted by Gasteiger charge is -2.12. The number of para-hydroxylation sites is 1. The molecule has 0 aliphatic rings. The number of nitrogens with one attached hydrogen (secondary N) is 1. The summed E-state index contributed by atoms with van der Waals surface area (Å²) < 4.78 is 73.4. The first kappa shape index (κ1) is 23.8. The van der Waals surface area contributed by atoms with Crippen molar-refractivity contribution < 1.29 is 35.5 Å². The molecule has 2 aromatic rings. The van der Waals surface area contributed by atoms with E-state index in [4.69, 9.17) is 0 Å². The SMILES string of the molecule is CS(=O)(=O)c1ccc(S(=O)CC(=O)Nc2ccccc2SC(F)(F)F)c([N+](=O)[O-])c1. The minimum absolute atomic E-state index is 0.163. The van der Waals surface area contributed by atoms with Crippen molar-refractivity contribution in [1.29, 1.82) is 0 Å². The molecule has 0 aliphatic heterocycles. The summed E-state index contributed by atoms with van der Waals surface area (Å²) in [6.45, 7) is 0. The van der Waals surface area contributed by atoms with Gasteiger partial charge in [0.25, 0.3) is 5.69 Å². The summed E-state index contributed by atoms with van der Waals surface area (Å²) >= 11 is -0.442. The molecule has 0 spiro atoms. The molecular formula is C16H13F3N2O6S3. The number of nitrogens with zero attached hydrogens (tertiary/aromatic N) is 1. The molecule has 0 fully saturated rings. The van der Waals surface area contributed by atoms with E-state index in [1.54, 1.807) is 0 Å². The maximum absolute atomic E-state index is 12.6. The summed E-state index contributed by atoms with van der Waals surface area (Å²) in [6.07, 6.45) is 0.840. The van der Waals surface area contributed by atoms with Crippen molar-refractivity contribution in [1.82, 2.24) is 0 Å². The standard InChI is InChI=1S/C16H13F3N2O6S3/c1-30(26,27)10-6-7-14(12(8-10)21(23)24)29(25)9-15(22)20-11-4-2-3-5-13(11)28-16(17,18)19/h2-8H,9H2,1H3,(H,20,22). The van der Waals surface area contributed by atoms with Gasteiger partial charge in [-0.2, -0.15) is 13.2 Å². The second-order valence-electron chi connectivity index (χ2n) is 5.74. The number of carbonyl (C=O) groups is 1. The van der Waals surface area contributed by atoms with Gasteiger partial charge in [0.15, 0.2) is 9.84 Å². The summed E-state index contributed by atoms with van der Waals surface area (Å²) in [4.78, 5) is 21.4. The number of benzene rings is 2. The number of alkyl halides is 3. The average Bonchev–Trinajstić information content (AvgIpc) is 2.60. The Labute approximate surface area is 175 Å². The minimum Gasteiger partial charge on any atom is -0.324 e. The number of amides is 1. The van der Waals surface area contributed by atoms with Crippen LogP contribution in [-0.4, -0.2) is 41.0 Å². The van der Waals surface area contributed by atoms with E-state index in [1.807, 2.05) is 0 Å². The number of sulfone groups is 1. The Morgan fingerprint density at radius 1 is 1.23 bits per heavy atom. The van der Waals surface area contributed by atoms with Gasteiger partial charge in [-0.25, -0.2) is 8.42 Å². The largest absolute Gasteiger partial charge is 0.446 e. The Balaban J connectivity index is 2.23. The van der Waals surface area contributed by atoms with E-state index >= 15 is 0 Å². The predicted octanol–water partition coefficient (Wildman–Crippen LogP) is 3.36. The Morgan fingerprint density at radius 3 is 2.43 bits per heavy atom. The second-order valence-corrected chi connectivity index (χ2v) is 10.3. The van der Waals surface area contributed by atoms with Gasteiger partial charge in [-0.05, 0) is 36.0 Å². The maximum Gasteiger partial charge on any atom is 0.446 e. The Morgan fingerprint density at radius 2 is 1.87 bits per heavy atom. The second kappa shape index (κ2) is 9.14. The highest BCUT2D eigenvalue weighted by Crippen LogP contribution is 2.40. The number of thioether (sulfide) groups is 1. The molecule has 0 saturated carbocycles. The van der Waals surface area contributed by atoms with Crippen LogP contribution in [0.3, 0.4) is 0 Å². The third kappa shape index (κ3) is 6.53. The van der Waals surface area contributed by atoms with E-state index in [1.165, 1.54) is 18.2 Å². The molecule has 0 bridgehead atoms. The number of carbonyl (C=O) groups excluding carboxylic acids is 1. The fourth-order valence-corrected chi connectivity index (χ4v) is 4.55. The maximum atomic E-state index is 12.6. The summed E-state index contributed by atoms with van der Waals surface area (Å²) in [5.41, 5.74) is -5.51. The molecule has 0 radical (unpaired) electrons. The number of hydrogen-bond acceptors (Lipinski definition) is 7. The van der Waals surface area contributed by atoms with Crippen LogP contribution in [0.4, 0.5) is 24.5 Å². The van der Waals surface area contributed by atoms with Crippen LogP contribution in [0, 0.1) is 10.1 Å². The highest BCUT2D eigenvalue weighted by Gasteiger charge is 2.31. The van der Waals surface area contributed by atoms with Gasteiger partial charge >= 0.3 is 5.51 Å². The summed E-state index contributed by atoms with van der Waals surface area (Å²) in [7, 11) is -6.02. The number of nitro benzene ring substituents is 1. The van der Waals surface area contributed by atoms with Gasteiger partial charge < -0.3 is 5.32 Å². The van der Waals surface area contributed by atoms with E-state index in [0.717, 1.165) is 30.5 Å². The van der Waals surface area contributed by atoms with Crippen LogP contribution in [0.1, 0.15) is 0 Å². The lowest BCUT2D eigenvalue weighted by molar-refractivity contribution is -0.388. The molecule has 8 nitrogen and oxygen atoms in total. The van der Waals surface area contributed by atoms with Gasteiger partial charge in [-0.3, -0.25) is 19.1 Å². The van der Waals surface area contributed by atoms with Crippen LogP contribution in [0.2, 0.25) is 0 Å². The van der Waals surface area contributed by atoms with Crippen LogP contribution >= 0.6 is 11.8 Å². The van der Waals surface area contributed by atoms with E-state index in [9.17, 15) is 40.7 Å². The first-order valence-electron chi connectivity index (χ1n) is 7.79. The molecular weight excluding hydrogens is 469 g/mol.